The van der Waals surface area contributed by atoms with Gasteiger partial charge in [-0.2, -0.15) is 0 Å². The van der Waals surface area contributed by atoms with Crippen molar-refractivity contribution in [2.24, 2.45) is 0 Å². The molecule has 32 heavy (non-hydrogen) atoms. The molecule has 164 valence electrons. The molecule has 7 heteroatoms. The van der Waals surface area contributed by atoms with Crippen LogP contribution in [0.4, 0.5) is 5.00 Å². The van der Waals surface area contributed by atoms with E-state index in [0.717, 1.165) is 35.4 Å². The van der Waals surface area contributed by atoms with Gasteiger partial charge in [0.05, 0.1) is 17.7 Å². The first-order valence-electron chi connectivity index (χ1n) is 10.9. The van der Waals surface area contributed by atoms with Gasteiger partial charge >= 0.3 is 5.97 Å². The number of ether oxygens (including phenoxy) is 2. The Kier molecular flexibility index (Phi) is 5.57. The summed E-state index contributed by atoms with van der Waals surface area (Å²) in [6.07, 6.45) is 3.94. The molecule has 0 radical (unpaired) electrons. The smallest absolute Gasteiger partial charge is 0.343 e. The maximum absolute atomic E-state index is 12.9. The number of hydrogen-bond donors (Lipinski definition) is 2. The lowest BCUT2D eigenvalue weighted by Gasteiger charge is -2.27. The van der Waals surface area contributed by atoms with Gasteiger partial charge in [-0.25, -0.2) is 4.79 Å². The maximum Gasteiger partial charge on any atom is 0.343 e. The van der Waals surface area contributed by atoms with Crippen LogP contribution in [-0.2, 0) is 12.8 Å². The van der Waals surface area contributed by atoms with Crippen molar-refractivity contribution in [3.8, 4) is 11.5 Å². The van der Waals surface area contributed by atoms with Crippen molar-refractivity contribution in [2.45, 2.75) is 38.8 Å². The lowest BCUT2D eigenvalue weighted by atomic mass is 9.94. The zero-order chi connectivity index (χ0) is 22.1. The average Bonchev–Trinajstić information content (AvgIpc) is 3.20. The fraction of sp³-hybridized carbons (Fsp3) is 0.280. The van der Waals surface area contributed by atoms with Gasteiger partial charge in [0.1, 0.15) is 11.2 Å². The second-order valence-electron chi connectivity index (χ2n) is 7.86. The van der Waals surface area contributed by atoms with Crippen molar-refractivity contribution >= 4 is 28.2 Å². The highest BCUT2D eigenvalue weighted by Crippen LogP contribution is 2.42. The Bertz CT molecular complexity index is 1170. The fourth-order valence-corrected chi connectivity index (χ4v) is 5.55. The number of amides is 1. The number of carbonyl (C=O) groups is 2. The summed E-state index contributed by atoms with van der Waals surface area (Å²) in [5.41, 5.74) is 3.31. The van der Waals surface area contributed by atoms with Crippen molar-refractivity contribution in [1.82, 2.24) is 5.32 Å². The summed E-state index contributed by atoms with van der Waals surface area (Å²) in [7, 11) is 0. The second-order valence-corrected chi connectivity index (χ2v) is 8.97. The average molecular weight is 449 g/mol. The van der Waals surface area contributed by atoms with E-state index >= 15 is 0 Å². The maximum atomic E-state index is 12.9. The van der Waals surface area contributed by atoms with E-state index in [0.29, 0.717) is 23.7 Å². The lowest BCUT2D eigenvalue weighted by molar-refractivity contribution is 0.0728. The third-order valence-electron chi connectivity index (χ3n) is 5.76. The van der Waals surface area contributed by atoms with Crippen LogP contribution in [0.25, 0.3) is 0 Å². The van der Waals surface area contributed by atoms with Crippen molar-refractivity contribution in [3.63, 3.8) is 0 Å². The number of fused-ring (bicyclic) bond motifs is 3. The molecule has 1 aliphatic heterocycles. The number of rotatable bonds is 5. The first-order chi connectivity index (χ1) is 15.6. The van der Waals surface area contributed by atoms with Gasteiger partial charge in [0.25, 0.3) is 5.91 Å². The van der Waals surface area contributed by atoms with Crippen LogP contribution in [-0.4, -0.2) is 18.5 Å². The monoisotopic (exact) mass is 448 g/mol. The summed E-state index contributed by atoms with van der Waals surface area (Å²) in [6.45, 7) is 2.30. The van der Waals surface area contributed by atoms with Gasteiger partial charge in [0.2, 0.25) is 0 Å². The first kappa shape index (κ1) is 20.6. The highest BCUT2D eigenvalue weighted by molar-refractivity contribution is 7.16. The number of aryl methyl sites for hydroxylation is 1. The minimum Gasteiger partial charge on any atom is -0.490 e. The number of carbonyl (C=O) groups excluding carboxylic acids is 2. The van der Waals surface area contributed by atoms with Gasteiger partial charge in [0.15, 0.2) is 11.5 Å². The third-order valence-corrected chi connectivity index (χ3v) is 6.99. The lowest BCUT2D eigenvalue weighted by Crippen LogP contribution is -2.38. The number of nitrogens with one attached hydrogen (secondary N) is 2. The molecule has 2 aliphatic rings. The molecule has 1 amide bonds. The normalized spacial score (nSPS) is 16.9. The van der Waals surface area contributed by atoms with E-state index in [9.17, 15) is 9.59 Å². The number of anilines is 1. The Balaban J connectivity index is 1.41. The van der Waals surface area contributed by atoms with Crippen LogP contribution in [0.1, 0.15) is 62.7 Å². The van der Waals surface area contributed by atoms with Crippen LogP contribution in [0.3, 0.4) is 0 Å². The molecule has 0 bridgehead atoms. The molecule has 1 aliphatic carbocycles. The molecular formula is C25H24N2O4S. The van der Waals surface area contributed by atoms with Gasteiger partial charge in [-0.1, -0.05) is 24.3 Å². The predicted molar refractivity (Wildman–Crippen MR) is 124 cm³/mol. The molecule has 0 fully saturated rings. The summed E-state index contributed by atoms with van der Waals surface area (Å²) >= 11 is 1.69. The Labute approximate surface area is 190 Å². The van der Waals surface area contributed by atoms with Crippen LogP contribution in [0.15, 0.2) is 48.5 Å². The van der Waals surface area contributed by atoms with E-state index in [2.05, 4.69) is 10.6 Å². The van der Waals surface area contributed by atoms with E-state index < -0.39 is 5.97 Å². The molecular weight excluding hydrogens is 424 g/mol. The van der Waals surface area contributed by atoms with Crippen LogP contribution < -0.4 is 20.1 Å². The van der Waals surface area contributed by atoms with Crippen molar-refractivity contribution in [3.05, 3.63) is 75.7 Å². The van der Waals surface area contributed by atoms with Crippen LogP contribution in [0.2, 0.25) is 0 Å². The molecule has 2 aromatic carbocycles. The summed E-state index contributed by atoms with van der Waals surface area (Å²) in [5.74, 6) is 0.318. The van der Waals surface area contributed by atoms with Crippen LogP contribution >= 0.6 is 11.3 Å². The topological polar surface area (TPSA) is 76.7 Å². The highest BCUT2D eigenvalue weighted by Gasteiger charge is 2.32. The number of hydrogen-bond acceptors (Lipinski definition) is 6. The third kappa shape index (κ3) is 3.84. The summed E-state index contributed by atoms with van der Waals surface area (Å²) < 4.78 is 11.3. The molecule has 0 spiro atoms. The van der Waals surface area contributed by atoms with Gasteiger partial charge < -0.3 is 20.1 Å². The molecule has 3 aromatic rings. The molecule has 6 nitrogen and oxygen atoms in total. The van der Waals surface area contributed by atoms with Crippen molar-refractivity contribution < 1.29 is 19.1 Å². The summed E-state index contributed by atoms with van der Waals surface area (Å²) in [5, 5.41) is 7.49. The Morgan fingerprint density at radius 3 is 2.69 bits per heavy atom. The van der Waals surface area contributed by atoms with E-state index in [1.807, 2.05) is 25.1 Å². The Morgan fingerprint density at radius 1 is 1.06 bits per heavy atom. The first-order valence-corrected chi connectivity index (χ1v) is 11.7. The second kappa shape index (κ2) is 8.67. The van der Waals surface area contributed by atoms with Crippen molar-refractivity contribution in [2.75, 3.05) is 11.9 Å². The molecule has 5 rings (SSSR count). The van der Waals surface area contributed by atoms with E-state index in [4.69, 9.17) is 9.47 Å². The molecule has 0 unspecified atom stereocenters. The number of esters is 1. The molecule has 0 saturated carbocycles. The largest absolute Gasteiger partial charge is 0.490 e. The Morgan fingerprint density at radius 2 is 1.88 bits per heavy atom. The van der Waals surface area contributed by atoms with E-state index in [1.54, 1.807) is 41.7 Å². The minimum absolute atomic E-state index is 0.0410. The van der Waals surface area contributed by atoms with E-state index in [-0.39, 0.29) is 12.1 Å². The summed E-state index contributed by atoms with van der Waals surface area (Å²) in [4.78, 5) is 26.7. The predicted octanol–water partition coefficient (Wildman–Crippen LogP) is 5.10. The SMILES string of the molecule is CCOc1cc([C@H]2NC(=O)c3c(sc4c3CCCC4)N2)ccc1OC(=O)c1ccccc1. The molecule has 2 N–H and O–H groups in total. The van der Waals surface area contributed by atoms with Gasteiger partial charge in [-0.3, -0.25) is 4.79 Å². The van der Waals surface area contributed by atoms with Gasteiger partial charge in [-0.05, 0) is 68.0 Å². The fourth-order valence-electron chi connectivity index (χ4n) is 4.23. The Hall–Kier alpha value is -3.32. The van der Waals surface area contributed by atoms with Crippen LogP contribution in [0, 0.1) is 0 Å². The number of benzene rings is 2. The number of thiophene rings is 1. The standard InChI is InChI=1S/C25H24N2O4S/c1-2-30-19-14-16(12-13-18(19)31-25(29)15-8-4-3-5-9-15)22-26-23(28)21-17-10-6-7-11-20(17)32-24(21)27-22/h3-5,8-9,12-14,22,27H,2,6-7,10-11H2,1H3,(H,26,28)/t22-/m0/s1. The molecule has 1 aromatic heterocycles. The van der Waals surface area contributed by atoms with Crippen molar-refractivity contribution in [1.29, 1.82) is 0 Å². The molecule has 2 heterocycles. The van der Waals surface area contributed by atoms with Gasteiger partial charge in [-0.15, -0.1) is 11.3 Å². The van der Waals surface area contributed by atoms with Crippen LogP contribution in [0.5, 0.6) is 11.5 Å². The quantitative estimate of drug-likeness (QED) is 0.420. The van der Waals surface area contributed by atoms with Gasteiger partial charge in [0, 0.05) is 4.88 Å². The minimum atomic E-state index is -0.447. The molecule has 0 saturated heterocycles. The zero-order valence-corrected chi connectivity index (χ0v) is 18.6. The zero-order valence-electron chi connectivity index (χ0n) is 17.8. The van der Waals surface area contributed by atoms with E-state index in [1.165, 1.54) is 16.9 Å². The highest BCUT2D eigenvalue weighted by atomic mass is 32.1. The molecule has 1 atom stereocenters. The summed E-state index contributed by atoms with van der Waals surface area (Å²) in [6, 6.07) is 14.2.